The summed E-state index contributed by atoms with van der Waals surface area (Å²) < 4.78 is 4.41. The minimum Gasteiger partial charge on any atom is -0.369 e. The van der Waals surface area contributed by atoms with Crippen LogP contribution in [0.5, 0.6) is 0 Å². The molecule has 0 saturated carbocycles. The van der Waals surface area contributed by atoms with Crippen molar-refractivity contribution in [2.75, 3.05) is 24.5 Å². The van der Waals surface area contributed by atoms with Crippen LogP contribution in [0.3, 0.4) is 0 Å². The summed E-state index contributed by atoms with van der Waals surface area (Å²) in [4.78, 5) is 14.7. The molecule has 124 valence electrons. The number of nitrogens with zero attached hydrogens (tertiary/aromatic N) is 4. The average molecular weight is 340 g/mol. The summed E-state index contributed by atoms with van der Waals surface area (Å²) in [6.45, 7) is 3.31. The van der Waals surface area contributed by atoms with Crippen LogP contribution in [0.4, 0.5) is 5.69 Å². The molecule has 0 amide bonds. The van der Waals surface area contributed by atoms with Crippen molar-refractivity contribution in [2.24, 2.45) is 0 Å². The van der Waals surface area contributed by atoms with Gasteiger partial charge in [0.05, 0.1) is 11.1 Å². The highest BCUT2D eigenvalue weighted by Gasteiger charge is 2.39. The van der Waals surface area contributed by atoms with Crippen molar-refractivity contribution in [1.82, 2.24) is 24.6 Å². The molecule has 3 aromatic heterocycles. The highest BCUT2D eigenvalue weighted by molar-refractivity contribution is 7.03. The highest BCUT2D eigenvalue weighted by Crippen LogP contribution is 2.38. The Morgan fingerprint density at radius 3 is 3.04 bits per heavy atom. The summed E-state index contributed by atoms with van der Waals surface area (Å²) in [6.07, 6.45) is 9.01. The van der Waals surface area contributed by atoms with Crippen LogP contribution in [0.2, 0.25) is 0 Å². The summed E-state index contributed by atoms with van der Waals surface area (Å²) in [5.41, 5.74) is 5.28. The predicted octanol–water partition coefficient (Wildman–Crippen LogP) is 2.80. The van der Waals surface area contributed by atoms with E-state index in [9.17, 15) is 0 Å². The van der Waals surface area contributed by atoms with Crippen LogP contribution in [0, 0.1) is 0 Å². The second kappa shape index (κ2) is 5.53. The maximum atomic E-state index is 4.50. The minimum absolute atomic E-state index is 0.295. The first-order valence-electron chi connectivity index (χ1n) is 8.58. The topological polar surface area (TPSA) is 69.7 Å². The van der Waals surface area contributed by atoms with Gasteiger partial charge in [0.15, 0.2) is 5.82 Å². The number of aromatic nitrogens is 4. The van der Waals surface area contributed by atoms with Gasteiger partial charge in [-0.15, -0.1) is 0 Å². The van der Waals surface area contributed by atoms with E-state index in [1.807, 2.05) is 12.4 Å². The third-order valence-corrected chi connectivity index (χ3v) is 5.91. The molecule has 6 nitrogen and oxygen atoms in total. The van der Waals surface area contributed by atoms with Crippen molar-refractivity contribution in [1.29, 1.82) is 0 Å². The number of hydrogen-bond acceptors (Lipinski definition) is 6. The van der Waals surface area contributed by atoms with Gasteiger partial charge in [0.25, 0.3) is 0 Å². The number of H-pyrrole nitrogens is 1. The van der Waals surface area contributed by atoms with Gasteiger partial charge in [-0.2, -0.15) is 4.37 Å². The first kappa shape index (κ1) is 14.4. The Hall–Kier alpha value is -1.99. The number of anilines is 1. The number of aromatic amines is 1. The van der Waals surface area contributed by atoms with E-state index in [1.165, 1.54) is 42.9 Å². The number of rotatable bonds is 2. The van der Waals surface area contributed by atoms with E-state index in [4.69, 9.17) is 0 Å². The maximum absolute atomic E-state index is 4.50. The van der Waals surface area contributed by atoms with Gasteiger partial charge in [0.1, 0.15) is 11.2 Å². The molecule has 2 fully saturated rings. The van der Waals surface area contributed by atoms with Gasteiger partial charge in [0, 0.05) is 36.6 Å². The smallest absolute Gasteiger partial charge is 0.175 e. The Balaban J connectivity index is 1.56. The van der Waals surface area contributed by atoms with Crippen LogP contribution in [0.15, 0.2) is 24.0 Å². The van der Waals surface area contributed by atoms with Crippen LogP contribution in [-0.2, 0) is 0 Å². The lowest BCUT2D eigenvalue weighted by Gasteiger charge is -2.35. The van der Waals surface area contributed by atoms with Crippen LogP contribution < -0.4 is 10.2 Å². The molecular formula is C17H20N6S. The highest BCUT2D eigenvalue weighted by atomic mass is 32.1. The number of fused-ring (bicyclic) bond motifs is 1. The summed E-state index contributed by atoms with van der Waals surface area (Å²) in [5, 5.41) is 4.93. The van der Waals surface area contributed by atoms with Gasteiger partial charge in [-0.05, 0) is 43.4 Å². The Morgan fingerprint density at radius 1 is 1.21 bits per heavy atom. The third kappa shape index (κ3) is 2.22. The van der Waals surface area contributed by atoms with Crippen molar-refractivity contribution in [2.45, 2.75) is 31.2 Å². The molecule has 5 heterocycles. The average Bonchev–Trinajstić information content (AvgIpc) is 3.34. The van der Waals surface area contributed by atoms with E-state index in [0.29, 0.717) is 5.54 Å². The molecule has 3 aromatic rings. The summed E-state index contributed by atoms with van der Waals surface area (Å²) in [6, 6.07) is 2.13. The van der Waals surface area contributed by atoms with Crippen LogP contribution in [0.25, 0.3) is 22.4 Å². The molecule has 2 aliphatic heterocycles. The van der Waals surface area contributed by atoms with Gasteiger partial charge >= 0.3 is 0 Å². The molecule has 0 aromatic carbocycles. The van der Waals surface area contributed by atoms with E-state index >= 15 is 0 Å². The Bertz CT molecular complexity index is 849. The summed E-state index contributed by atoms with van der Waals surface area (Å²) >= 11 is 1.38. The quantitative estimate of drug-likeness (QED) is 0.751. The van der Waals surface area contributed by atoms with Gasteiger partial charge in [-0.25, -0.2) is 9.97 Å². The molecule has 2 aliphatic rings. The van der Waals surface area contributed by atoms with Gasteiger partial charge in [-0.1, -0.05) is 6.42 Å². The van der Waals surface area contributed by atoms with E-state index in [2.05, 4.69) is 35.6 Å². The van der Waals surface area contributed by atoms with Gasteiger partial charge in [0.2, 0.25) is 0 Å². The number of nitrogens with one attached hydrogen (secondary N) is 2. The predicted molar refractivity (Wildman–Crippen MR) is 96.4 cm³/mol. The minimum atomic E-state index is 0.295. The Morgan fingerprint density at radius 2 is 2.21 bits per heavy atom. The van der Waals surface area contributed by atoms with Crippen molar-refractivity contribution >= 4 is 28.3 Å². The molecule has 0 radical (unpaired) electrons. The molecule has 1 atom stereocenters. The number of pyridine rings is 1. The second-order valence-electron chi connectivity index (χ2n) is 6.85. The zero-order valence-corrected chi connectivity index (χ0v) is 14.3. The molecular weight excluding hydrogens is 320 g/mol. The van der Waals surface area contributed by atoms with E-state index in [0.717, 1.165) is 42.1 Å². The van der Waals surface area contributed by atoms with Gasteiger partial charge in [-0.3, -0.25) is 0 Å². The molecule has 7 heteroatoms. The maximum Gasteiger partial charge on any atom is 0.175 e. The standard InChI is InChI=1S/C17H20N6S/c1-2-6-21-17(4-1)5-8-23(10-17)13-3-7-18-16-14(13)12(9-19-16)15-20-11-24-22-15/h3,7,9,11,21H,1-2,4-6,8,10H2,(H,18,19). The second-order valence-corrected chi connectivity index (χ2v) is 7.45. The molecule has 2 saturated heterocycles. The number of hydrogen-bond donors (Lipinski definition) is 2. The fraction of sp³-hybridized carbons (Fsp3) is 0.471. The molecule has 0 bridgehead atoms. The van der Waals surface area contributed by atoms with E-state index in [-0.39, 0.29) is 0 Å². The normalized spacial score (nSPS) is 24.2. The molecule has 24 heavy (non-hydrogen) atoms. The number of piperidine rings is 1. The molecule has 0 aliphatic carbocycles. The monoisotopic (exact) mass is 340 g/mol. The SMILES string of the molecule is c1cc(N2CCC3(CCCCN3)C2)c2c(-c3ncsn3)c[nH]c2n1. The van der Waals surface area contributed by atoms with Crippen LogP contribution in [0.1, 0.15) is 25.7 Å². The first-order chi connectivity index (χ1) is 11.8. The molecule has 5 rings (SSSR count). The zero-order valence-electron chi connectivity index (χ0n) is 13.5. The van der Waals surface area contributed by atoms with Gasteiger partial charge < -0.3 is 15.2 Å². The fourth-order valence-corrected chi connectivity index (χ4v) is 4.66. The van der Waals surface area contributed by atoms with Crippen molar-refractivity contribution in [3.05, 3.63) is 24.0 Å². The molecule has 2 N–H and O–H groups in total. The largest absolute Gasteiger partial charge is 0.369 e. The fourth-order valence-electron chi connectivity index (χ4n) is 4.23. The van der Waals surface area contributed by atoms with E-state index < -0.39 is 0 Å². The van der Waals surface area contributed by atoms with Crippen molar-refractivity contribution in [3.63, 3.8) is 0 Å². The van der Waals surface area contributed by atoms with E-state index in [1.54, 1.807) is 5.51 Å². The molecule has 1 unspecified atom stereocenters. The lowest BCUT2D eigenvalue weighted by Crippen LogP contribution is -2.50. The first-order valence-corrected chi connectivity index (χ1v) is 9.41. The van der Waals surface area contributed by atoms with Crippen LogP contribution >= 0.6 is 11.5 Å². The molecule has 1 spiro atoms. The van der Waals surface area contributed by atoms with Crippen LogP contribution in [-0.4, -0.2) is 44.5 Å². The third-order valence-electron chi connectivity index (χ3n) is 5.43. The zero-order chi connectivity index (χ0) is 16.0. The summed E-state index contributed by atoms with van der Waals surface area (Å²) in [5.74, 6) is 0.783. The lowest BCUT2D eigenvalue weighted by molar-refractivity contribution is 0.280. The van der Waals surface area contributed by atoms with Crippen molar-refractivity contribution < 1.29 is 0 Å². The van der Waals surface area contributed by atoms with Crippen molar-refractivity contribution in [3.8, 4) is 11.4 Å². The lowest BCUT2D eigenvalue weighted by atomic mass is 9.88. The summed E-state index contributed by atoms with van der Waals surface area (Å²) in [7, 11) is 0. The Labute approximate surface area is 144 Å². The Kier molecular flexibility index (Phi) is 3.31.